The Morgan fingerprint density at radius 2 is 1.51 bits per heavy atom. The molecule has 7 heteroatoms. The first-order chi connectivity index (χ1) is 22.9. The molecule has 224 valence electrons. The first-order valence-corrected chi connectivity index (χ1v) is 15.2. The molecule has 8 rings (SSSR count). The van der Waals surface area contributed by atoms with E-state index in [4.69, 9.17) is 16.0 Å². The summed E-state index contributed by atoms with van der Waals surface area (Å²) >= 11 is 0. The molecule has 2 heterocycles. The van der Waals surface area contributed by atoms with Crippen LogP contribution in [0.4, 0.5) is 5.95 Å². The van der Waals surface area contributed by atoms with Crippen molar-refractivity contribution < 1.29 is 9.47 Å². The summed E-state index contributed by atoms with van der Waals surface area (Å²) in [6.07, 6.45) is 4.37. The minimum absolute atomic E-state index is 0.0978. The topological polar surface area (TPSA) is 85.3 Å². The average molecular weight is 610 g/mol. The van der Waals surface area contributed by atoms with E-state index in [2.05, 4.69) is 94.3 Å². The number of nitriles is 1. The zero-order chi connectivity index (χ0) is 32.3. The van der Waals surface area contributed by atoms with E-state index in [0.29, 0.717) is 5.56 Å². The molecule has 6 aromatic rings. The van der Waals surface area contributed by atoms with Crippen LogP contribution in [0.3, 0.4) is 0 Å². The minimum Gasteiger partial charge on any atom is -0.497 e. The molecule has 0 N–H and O–H groups in total. The Kier molecular flexibility index (Phi) is 6.22. The molecule has 0 bridgehead atoms. The Morgan fingerprint density at radius 1 is 0.830 bits per heavy atom. The summed E-state index contributed by atoms with van der Waals surface area (Å²) in [6, 6.07) is 34.8. The summed E-state index contributed by atoms with van der Waals surface area (Å²) < 4.78 is 12.9. The van der Waals surface area contributed by atoms with Crippen molar-refractivity contribution in [3.8, 4) is 40.1 Å². The van der Waals surface area contributed by atoms with E-state index in [1.807, 2.05) is 54.6 Å². The maximum absolute atomic E-state index is 9.40. The van der Waals surface area contributed by atoms with E-state index in [-0.39, 0.29) is 23.0 Å². The molecule has 47 heavy (non-hydrogen) atoms. The van der Waals surface area contributed by atoms with E-state index in [1.54, 1.807) is 7.11 Å². The molecule has 7 nitrogen and oxygen atoms in total. The second-order valence-electron chi connectivity index (χ2n) is 12.2. The highest BCUT2D eigenvalue weighted by Crippen LogP contribution is 2.58. The molecule has 0 saturated carbocycles. The van der Waals surface area contributed by atoms with Gasteiger partial charge in [0.05, 0.1) is 7.11 Å². The predicted octanol–water partition coefficient (Wildman–Crippen LogP) is 8.78. The van der Waals surface area contributed by atoms with Gasteiger partial charge in [0, 0.05) is 33.1 Å². The molecule has 1 aliphatic heterocycles. The summed E-state index contributed by atoms with van der Waals surface area (Å²) in [6.45, 7) is 11.9. The summed E-state index contributed by atoms with van der Waals surface area (Å²) in [4.78, 5) is 15.7. The van der Waals surface area contributed by atoms with Crippen molar-refractivity contribution in [2.75, 3.05) is 7.11 Å². The molecule has 2 aliphatic rings. The fourth-order valence-corrected chi connectivity index (χ4v) is 7.18. The Bertz CT molecular complexity index is 2330. The zero-order valence-electron chi connectivity index (χ0n) is 25.9. The maximum atomic E-state index is 9.40. The number of methoxy groups -OCH3 is 1. The second-order valence-corrected chi connectivity index (χ2v) is 12.2. The lowest BCUT2D eigenvalue weighted by Crippen LogP contribution is -2.35. The van der Waals surface area contributed by atoms with Crippen LogP contribution in [0.1, 0.15) is 47.5 Å². The van der Waals surface area contributed by atoms with Crippen LogP contribution in [-0.4, -0.2) is 22.1 Å². The normalized spacial score (nSPS) is 16.7. The molecule has 1 unspecified atom stereocenters. The highest BCUT2D eigenvalue weighted by molar-refractivity contribution is 6.08. The van der Waals surface area contributed by atoms with Crippen molar-refractivity contribution in [2.45, 2.75) is 24.9 Å². The molecule has 1 aromatic heterocycles. The average Bonchev–Trinajstić information content (AvgIpc) is 3.38. The third-order valence-electron chi connectivity index (χ3n) is 9.36. The van der Waals surface area contributed by atoms with Crippen LogP contribution in [0.25, 0.3) is 44.2 Å². The number of fused-ring (bicyclic) bond motifs is 8. The summed E-state index contributed by atoms with van der Waals surface area (Å²) in [7, 11) is 1.65. The highest BCUT2D eigenvalue weighted by Gasteiger charge is 2.44. The van der Waals surface area contributed by atoms with Gasteiger partial charge in [-0.15, -0.1) is 16.5 Å². The van der Waals surface area contributed by atoms with Crippen LogP contribution in [0.15, 0.2) is 103 Å². The van der Waals surface area contributed by atoms with Crippen LogP contribution in [0.2, 0.25) is 0 Å². The largest absolute Gasteiger partial charge is 0.497 e. The van der Waals surface area contributed by atoms with Crippen molar-refractivity contribution in [1.29, 1.82) is 5.26 Å². The Balaban J connectivity index is 1.34. The Hall–Kier alpha value is -6.31. The molecule has 1 aliphatic carbocycles. The highest BCUT2D eigenvalue weighted by atomic mass is 16.5. The lowest BCUT2D eigenvalue weighted by Gasteiger charge is -2.38. The molecular weight excluding hydrogens is 582 g/mol. The van der Waals surface area contributed by atoms with Crippen molar-refractivity contribution >= 4 is 22.8 Å². The lowest BCUT2D eigenvalue weighted by molar-refractivity contribution is 0.163. The van der Waals surface area contributed by atoms with Crippen LogP contribution in [-0.2, 0) is 11.0 Å². The fourth-order valence-electron chi connectivity index (χ4n) is 7.18. The zero-order valence-corrected chi connectivity index (χ0v) is 25.9. The predicted molar refractivity (Wildman–Crippen MR) is 181 cm³/mol. The van der Waals surface area contributed by atoms with Gasteiger partial charge in [0.1, 0.15) is 11.5 Å². The van der Waals surface area contributed by atoms with E-state index >= 15 is 0 Å². The second kappa shape index (κ2) is 10.4. The fraction of sp³-hybridized carbons (Fsp3) is 0.125. The number of hydrogen-bond donors (Lipinski definition) is 0. The number of hydrogen-bond acceptors (Lipinski definition) is 6. The molecule has 5 aromatic carbocycles. The first-order valence-electron chi connectivity index (χ1n) is 15.2. The molecule has 0 amide bonds. The molecule has 1 atom stereocenters. The maximum Gasteiger partial charge on any atom is 0.376 e. The van der Waals surface area contributed by atoms with E-state index < -0.39 is 5.60 Å². The van der Waals surface area contributed by atoms with Gasteiger partial charge < -0.3 is 14.3 Å². The molecular formula is C40H27N5O2. The lowest BCUT2D eigenvalue weighted by atomic mass is 9.76. The standard InChI is InChI=1S/C40H27N5O2/c1-39(2)32-12-8-7-11-30(32)34-28-9-5-6-10-29(28)36-31(35(34)39)21-22-40(47-36,26-17-19-27(46-4)20-18-26)25-15-13-24(14-16-25)37-43-33(23-41)44-38(42-3)45-37/h5-22H,1-2,4H3. The van der Waals surface area contributed by atoms with Gasteiger partial charge in [0.25, 0.3) is 5.82 Å². The molecule has 0 radical (unpaired) electrons. The van der Waals surface area contributed by atoms with Gasteiger partial charge in [0.2, 0.25) is 5.82 Å². The van der Waals surface area contributed by atoms with Crippen LogP contribution in [0.5, 0.6) is 11.5 Å². The van der Waals surface area contributed by atoms with Gasteiger partial charge in [-0.2, -0.15) is 10.2 Å². The van der Waals surface area contributed by atoms with Crippen molar-refractivity contribution in [1.82, 2.24) is 15.0 Å². The summed E-state index contributed by atoms with van der Waals surface area (Å²) in [5, 5.41) is 11.6. The smallest absolute Gasteiger partial charge is 0.376 e. The third kappa shape index (κ3) is 4.14. The van der Waals surface area contributed by atoms with E-state index in [9.17, 15) is 5.26 Å². The summed E-state index contributed by atoms with van der Waals surface area (Å²) in [5.41, 5.74) is 7.46. The van der Waals surface area contributed by atoms with E-state index in [1.165, 1.54) is 22.3 Å². The van der Waals surface area contributed by atoms with Crippen molar-refractivity contribution in [3.05, 3.63) is 148 Å². The number of rotatable bonds is 4. The van der Waals surface area contributed by atoms with Gasteiger partial charge in [-0.05, 0) is 58.0 Å². The minimum atomic E-state index is -0.983. The van der Waals surface area contributed by atoms with E-state index in [0.717, 1.165) is 39.0 Å². The third-order valence-corrected chi connectivity index (χ3v) is 9.36. The van der Waals surface area contributed by atoms with Gasteiger partial charge in [-0.1, -0.05) is 92.7 Å². The SMILES string of the molecule is [C-]#[N+]c1nc(C#N)nc(-c2ccc(C3(c4ccc(OC)cc4)C=Cc4c5c(c6ccccc6c4O3)-c3ccccc3C5(C)C)cc2)n1. The first kappa shape index (κ1) is 28.2. The Labute approximate surface area is 272 Å². The molecule has 0 saturated heterocycles. The van der Waals surface area contributed by atoms with Gasteiger partial charge in [-0.3, -0.25) is 0 Å². The molecule has 0 spiro atoms. The number of nitrogens with zero attached hydrogens (tertiary/aromatic N) is 5. The number of benzene rings is 5. The van der Waals surface area contributed by atoms with Crippen LogP contribution in [0, 0.1) is 17.9 Å². The van der Waals surface area contributed by atoms with Crippen molar-refractivity contribution in [3.63, 3.8) is 0 Å². The van der Waals surface area contributed by atoms with Crippen LogP contribution < -0.4 is 9.47 Å². The van der Waals surface area contributed by atoms with Gasteiger partial charge >= 0.3 is 5.95 Å². The summed E-state index contributed by atoms with van der Waals surface area (Å²) in [5.74, 6) is 1.63. The Morgan fingerprint density at radius 3 is 2.21 bits per heavy atom. The van der Waals surface area contributed by atoms with Crippen LogP contribution >= 0.6 is 0 Å². The number of ether oxygens (including phenoxy) is 2. The monoisotopic (exact) mass is 609 g/mol. The number of aromatic nitrogens is 3. The molecule has 0 fully saturated rings. The van der Waals surface area contributed by atoms with Gasteiger partial charge in [0.15, 0.2) is 11.7 Å². The van der Waals surface area contributed by atoms with Crippen molar-refractivity contribution in [2.24, 2.45) is 0 Å². The quantitative estimate of drug-likeness (QED) is 0.186. The van der Waals surface area contributed by atoms with Gasteiger partial charge in [-0.25, -0.2) is 0 Å².